The van der Waals surface area contributed by atoms with E-state index >= 15 is 0 Å². The molecule has 98 valence electrons. The van der Waals surface area contributed by atoms with Crippen molar-refractivity contribution in [3.05, 3.63) is 59.4 Å². The van der Waals surface area contributed by atoms with E-state index in [1.807, 2.05) is 18.5 Å². The Kier molecular flexibility index (Phi) is 3.75. The van der Waals surface area contributed by atoms with Crippen molar-refractivity contribution in [3.63, 3.8) is 0 Å². The molecule has 2 heterocycles. The summed E-state index contributed by atoms with van der Waals surface area (Å²) in [5, 5.41) is 6.99. The van der Waals surface area contributed by atoms with Crippen LogP contribution in [-0.2, 0) is 19.4 Å². The van der Waals surface area contributed by atoms with Crippen molar-refractivity contribution in [2.75, 3.05) is 18.4 Å². The van der Waals surface area contributed by atoms with Gasteiger partial charge in [-0.15, -0.1) is 0 Å². The maximum atomic E-state index is 4.13. The topological polar surface area (TPSA) is 37.0 Å². The van der Waals surface area contributed by atoms with Gasteiger partial charge in [0, 0.05) is 31.2 Å². The van der Waals surface area contributed by atoms with Crippen molar-refractivity contribution in [2.45, 2.75) is 19.4 Å². The van der Waals surface area contributed by atoms with Crippen LogP contribution in [0.25, 0.3) is 0 Å². The van der Waals surface area contributed by atoms with Crippen LogP contribution in [0.5, 0.6) is 0 Å². The second kappa shape index (κ2) is 5.85. The van der Waals surface area contributed by atoms with Crippen LogP contribution in [0.15, 0.2) is 42.7 Å². The van der Waals surface area contributed by atoms with Crippen LogP contribution >= 0.6 is 0 Å². The van der Waals surface area contributed by atoms with Gasteiger partial charge in [0.2, 0.25) is 0 Å². The summed E-state index contributed by atoms with van der Waals surface area (Å²) in [5.74, 6) is 0. The van der Waals surface area contributed by atoms with Gasteiger partial charge in [0.15, 0.2) is 0 Å². The summed E-state index contributed by atoms with van der Waals surface area (Å²) in [6.07, 6.45) is 5.93. The predicted octanol–water partition coefficient (Wildman–Crippen LogP) is 2.38. The molecule has 0 atom stereocenters. The van der Waals surface area contributed by atoms with Crippen molar-refractivity contribution in [1.82, 2.24) is 10.3 Å². The highest BCUT2D eigenvalue weighted by molar-refractivity contribution is 5.61. The van der Waals surface area contributed by atoms with E-state index in [-0.39, 0.29) is 0 Å². The third kappa shape index (κ3) is 2.93. The van der Waals surface area contributed by atoms with Gasteiger partial charge >= 0.3 is 0 Å². The van der Waals surface area contributed by atoms with Crippen molar-refractivity contribution in [3.8, 4) is 0 Å². The molecule has 0 radical (unpaired) electrons. The summed E-state index contributed by atoms with van der Waals surface area (Å²) < 4.78 is 0. The summed E-state index contributed by atoms with van der Waals surface area (Å²) in [6, 6.07) is 10.7. The van der Waals surface area contributed by atoms with Crippen LogP contribution < -0.4 is 10.6 Å². The molecule has 0 fully saturated rings. The lowest BCUT2D eigenvalue weighted by Gasteiger charge is -2.10. The number of fused-ring (bicyclic) bond motifs is 1. The molecular formula is C16H19N3. The highest BCUT2D eigenvalue weighted by Gasteiger charge is 2.12. The molecule has 2 N–H and O–H groups in total. The standard InChI is InChI=1S/C16H19N3/c1-4-14-7-10-19-16(14)15(5-1)12-18-9-6-13-3-2-8-17-11-13/h1-5,8,11,18-19H,6-7,9-10,12H2. The highest BCUT2D eigenvalue weighted by atomic mass is 14.9. The maximum Gasteiger partial charge on any atom is 0.0419 e. The fourth-order valence-corrected chi connectivity index (χ4v) is 2.56. The van der Waals surface area contributed by atoms with E-state index in [0.29, 0.717) is 0 Å². The van der Waals surface area contributed by atoms with Crippen molar-refractivity contribution >= 4 is 5.69 Å². The minimum atomic E-state index is 0.927. The average molecular weight is 253 g/mol. The molecule has 0 aliphatic carbocycles. The van der Waals surface area contributed by atoms with E-state index in [2.05, 4.69) is 39.9 Å². The van der Waals surface area contributed by atoms with Crippen molar-refractivity contribution < 1.29 is 0 Å². The van der Waals surface area contributed by atoms with Gasteiger partial charge in [0.25, 0.3) is 0 Å². The molecule has 1 aromatic heterocycles. The summed E-state index contributed by atoms with van der Waals surface area (Å²) in [7, 11) is 0. The van der Waals surface area contributed by atoms with Gasteiger partial charge in [-0.3, -0.25) is 4.98 Å². The fraction of sp³-hybridized carbons (Fsp3) is 0.312. The first-order valence-electron chi connectivity index (χ1n) is 6.88. The van der Waals surface area contributed by atoms with Gasteiger partial charge in [-0.1, -0.05) is 24.3 Å². The molecular weight excluding hydrogens is 234 g/mol. The first-order chi connectivity index (χ1) is 9.43. The maximum absolute atomic E-state index is 4.13. The monoisotopic (exact) mass is 253 g/mol. The average Bonchev–Trinajstić information content (AvgIpc) is 2.94. The molecule has 3 heteroatoms. The number of anilines is 1. The molecule has 1 aliphatic rings. The molecule has 1 aliphatic heterocycles. The number of benzene rings is 1. The Bertz CT molecular complexity index is 537. The van der Waals surface area contributed by atoms with E-state index in [1.165, 1.54) is 22.4 Å². The van der Waals surface area contributed by atoms with Crippen LogP contribution in [0.2, 0.25) is 0 Å². The first-order valence-corrected chi connectivity index (χ1v) is 6.88. The van der Waals surface area contributed by atoms with E-state index < -0.39 is 0 Å². The van der Waals surface area contributed by atoms with Crippen molar-refractivity contribution in [2.24, 2.45) is 0 Å². The van der Waals surface area contributed by atoms with Crippen LogP contribution in [-0.4, -0.2) is 18.1 Å². The van der Waals surface area contributed by atoms with Gasteiger partial charge in [0.05, 0.1) is 0 Å². The molecule has 2 aromatic rings. The van der Waals surface area contributed by atoms with Crippen LogP contribution in [0.3, 0.4) is 0 Å². The predicted molar refractivity (Wildman–Crippen MR) is 78.3 cm³/mol. The van der Waals surface area contributed by atoms with E-state index in [0.717, 1.165) is 32.5 Å². The zero-order valence-corrected chi connectivity index (χ0v) is 11.0. The first kappa shape index (κ1) is 12.2. The Morgan fingerprint density at radius 3 is 3.11 bits per heavy atom. The largest absolute Gasteiger partial charge is 0.384 e. The number of hydrogen-bond acceptors (Lipinski definition) is 3. The summed E-state index contributed by atoms with van der Waals surface area (Å²) >= 11 is 0. The molecule has 3 rings (SSSR count). The molecule has 0 bridgehead atoms. The van der Waals surface area contributed by atoms with Crippen LogP contribution in [0.4, 0.5) is 5.69 Å². The smallest absolute Gasteiger partial charge is 0.0419 e. The number of pyridine rings is 1. The Balaban J connectivity index is 1.52. The normalized spacial score (nSPS) is 13.1. The minimum absolute atomic E-state index is 0.927. The number of para-hydroxylation sites is 1. The van der Waals surface area contributed by atoms with Crippen LogP contribution in [0, 0.1) is 0 Å². The number of nitrogens with zero attached hydrogens (tertiary/aromatic N) is 1. The Morgan fingerprint density at radius 1 is 1.21 bits per heavy atom. The number of hydrogen-bond donors (Lipinski definition) is 2. The summed E-state index contributed by atoms with van der Waals surface area (Å²) in [6.45, 7) is 2.98. The molecule has 0 saturated heterocycles. The zero-order valence-electron chi connectivity index (χ0n) is 11.0. The van der Waals surface area contributed by atoms with E-state index in [9.17, 15) is 0 Å². The molecule has 0 saturated carbocycles. The Labute approximate surface area is 114 Å². The third-order valence-corrected chi connectivity index (χ3v) is 3.56. The third-order valence-electron chi connectivity index (χ3n) is 3.56. The molecule has 19 heavy (non-hydrogen) atoms. The molecule has 1 aromatic carbocycles. The van der Waals surface area contributed by atoms with Gasteiger partial charge in [-0.2, -0.15) is 0 Å². The molecule has 0 unspecified atom stereocenters. The SMILES string of the molecule is c1cncc(CCNCc2cccc3c2NCC3)c1. The number of aromatic nitrogens is 1. The van der Waals surface area contributed by atoms with Gasteiger partial charge in [0.1, 0.15) is 0 Å². The minimum Gasteiger partial charge on any atom is -0.384 e. The van der Waals surface area contributed by atoms with Crippen molar-refractivity contribution in [1.29, 1.82) is 0 Å². The second-order valence-electron chi connectivity index (χ2n) is 4.92. The lowest BCUT2D eigenvalue weighted by Crippen LogP contribution is -2.17. The van der Waals surface area contributed by atoms with E-state index in [4.69, 9.17) is 0 Å². The number of rotatable bonds is 5. The summed E-state index contributed by atoms with van der Waals surface area (Å²) in [5.41, 5.74) is 5.45. The van der Waals surface area contributed by atoms with Gasteiger partial charge in [-0.25, -0.2) is 0 Å². The summed E-state index contributed by atoms with van der Waals surface area (Å²) in [4.78, 5) is 4.13. The Hall–Kier alpha value is -1.87. The Morgan fingerprint density at radius 2 is 2.21 bits per heavy atom. The molecule has 0 spiro atoms. The quantitative estimate of drug-likeness (QED) is 0.803. The molecule has 0 amide bonds. The number of nitrogens with one attached hydrogen (secondary N) is 2. The molecule has 3 nitrogen and oxygen atoms in total. The van der Waals surface area contributed by atoms with E-state index in [1.54, 1.807) is 0 Å². The second-order valence-corrected chi connectivity index (χ2v) is 4.92. The lowest BCUT2D eigenvalue weighted by atomic mass is 10.1. The highest BCUT2D eigenvalue weighted by Crippen LogP contribution is 2.26. The lowest BCUT2D eigenvalue weighted by molar-refractivity contribution is 0.687. The fourth-order valence-electron chi connectivity index (χ4n) is 2.56. The zero-order chi connectivity index (χ0) is 12.9. The van der Waals surface area contributed by atoms with Gasteiger partial charge < -0.3 is 10.6 Å². The van der Waals surface area contributed by atoms with Gasteiger partial charge in [-0.05, 0) is 42.1 Å². The van der Waals surface area contributed by atoms with Crippen LogP contribution in [0.1, 0.15) is 16.7 Å².